The first-order chi connectivity index (χ1) is 14.6. The zero-order valence-electron chi connectivity index (χ0n) is 16.5. The van der Waals surface area contributed by atoms with Crippen molar-refractivity contribution in [3.8, 4) is 0 Å². The highest BCUT2D eigenvalue weighted by atomic mass is 35.5. The van der Waals surface area contributed by atoms with Gasteiger partial charge in [-0.2, -0.15) is 5.10 Å². The van der Waals surface area contributed by atoms with Crippen molar-refractivity contribution < 1.29 is 4.79 Å². The Morgan fingerprint density at radius 1 is 1.23 bits per heavy atom. The van der Waals surface area contributed by atoms with Gasteiger partial charge in [0.1, 0.15) is 0 Å². The van der Waals surface area contributed by atoms with Crippen LogP contribution in [0.3, 0.4) is 0 Å². The zero-order chi connectivity index (χ0) is 20.9. The van der Waals surface area contributed by atoms with Crippen molar-refractivity contribution in [1.82, 2.24) is 30.8 Å². The van der Waals surface area contributed by atoms with Gasteiger partial charge in [-0.25, -0.2) is 9.97 Å². The van der Waals surface area contributed by atoms with E-state index in [4.69, 9.17) is 11.6 Å². The molecule has 4 rings (SSSR count). The third kappa shape index (κ3) is 5.05. The van der Waals surface area contributed by atoms with Crippen molar-refractivity contribution in [2.45, 2.75) is 25.8 Å². The summed E-state index contributed by atoms with van der Waals surface area (Å²) in [6.07, 6.45) is 3.68. The van der Waals surface area contributed by atoms with Crippen LogP contribution in [0, 0.1) is 6.92 Å². The summed E-state index contributed by atoms with van der Waals surface area (Å²) in [5.74, 6) is 1.14. The van der Waals surface area contributed by atoms with E-state index in [-0.39, 0.29) is 11.6 Å². The molecule has 3 aromatic rings. The normalized spacial score (nSPS) is 15.7. The molecule has 2 aromatic heterocycles. The molecule has 0 radical (unpaired) electrons. The molecule has 5 N–H and O–H groups in total. The summed E-state index contributed by atoms with van der Waals surface area (Å²) >= 11 is 5.97. The number of nitrogens with one attached hydrogen (secondary N) is 5. The number of hydrogen-bond acceptors (Lipinski definition) is 7. The van der Waals surface area contributed by atoms with E-state index < -0.39 is 0 Å². The Morgan fingerprint density at radius 2 is 2.07 bits per heavy atom. The lowest BCUT2D eigenvalue weighted by molar-refractivity contribution is 0.0946. The van der Waals surface area contributed by atoms with Gasteiger partial charge in [0.05, 0.1) is 6.20 Å². The third-order valence-corrected chi connectivity index (χ3v) is 4.98. The van der Waals surface area contributed by atoms with Gasteiger partial charge in [0.2, 0.25) is 0 Å². The van der Waals surface area contributed by atoms with Gasteiger partial charge in [0, 0.05) is 35.1 Å². The molecule has 0 aliphatic carbocycles. The van der Waals surface area contributed by atoms with Crippen LogP contribution in [0.4, 0.5) is 23.1 Å². The lowest BCUT2D eigenvalue weighted by Gasteiger charge is -2.14. The van der Waals surface area contributed by atoms with Crippen molar-refractivity contribution in [1.29, 1.82) is 0 Å². The number of carbonyl (C=O) groups excluding carboxylic acids is 1. The predicted octanol–water partition coefficient (Wildman–Crippen LogP) is 3.13. The number of benzene rings is 1. The molecule has 9 nitrogen and oxygen atoms in total. The van der Waals surface area contributed by atoms with E-state index in [0.29, 0.717) is 35.1 Å². The number of nitrogens with zero attached hydrogens (tertiary/aromatic N) is 3. The molecular formula is C20H23ClN8O. The average Bonchev–Trinajstić information content (AvgIpc) is 3.40. The van der Waals surface area contributed by atoms with E-state index >= 15 is 0 Å². The van der Waals surface area contributed by atoms with Crippen molar-refractivity contribution >= 4 is 40.6 Å². The average molecular weight is 427 g/mol. The molecule has 1 atom stereocenters. The lowest BCUT2D eigenvalue weighted by Crippen LogP contribution is -2.37. The molecule has 1 fully saturated rings. The maximum atomic E-state index is 12.8. The topological polar surface area (TPSA) is 120 Å². The second-order valence-electron chi connectivity index (χ2n) is 7.15. The van der Waals surface area contributed by atoms with E-state index in [1.807, 2.05) is 25.1 Å². The highest BCUT2D eigenvalue weighted by molar-refractivity contribution is 6.30. The zero-order valence-corrected chi connectivity index (χ0v) is 17.3. The second kappa shape index (κ2) is 9.10. The minimum atomic E-state index is -0.283. The van der Waals surface area contributed by atoms with Gasteiger partial charge in [0.15, 0.2) is 23.1 Å². The largest absolute Gasteiger partial charge is 0.349 e. The molecule has 10 heteroatoms. The van der Waals surface area contributed by atoms with E-state index in [0.717, 1.165) is 30.8 Å². The molecule has 1 amide bonds. The van der Waals surface area contributed by atoms with Gasteiger partial charge in [-0.15, -0.1) is 0 Å². The fraction of sp³-hybridized carbons (Fsp3) is 0.300. The highest BCUT2D eigenvalue weighted by Crippen LogP contribution is 2.22. The number of H-pyrrole nitrogens is 1. The summed E-state index contributed by atoms with van der Waals surface area (Å²) < 4.78 is 0. The Labute approximate surface area is 179 Å². The van der Waals surface area contributed by atoms with Crippen molar-refractivity contribution in [2.75, 3.05) is 23.7 Å². The maximum Gasteiger partial charge on any atom is 0.273 e. The number of carbonyl (C=O) groups is 1. The fourth-order valence-corrected chi connectivity index (χ4v) is 3.34. The van der Waals surface area contributed by atoms with Crippen molar-refractivity contribution in [2.24, 2.45) is 0 Å². The van der Waals surface area contributed by atoms with Crippen molar-refractivity contribution in [3.63, 3.8) is 0 Å². The van der Waals surface area contributed by atoms with Gasteiger partial charge in [-0.3, -0.25) is 9.89 Å². The highest BCUT2D eigenvalue weighted by Gasteiger charge is 2.19. The van der Waals surface area contributed by atoms with Crippen LogP contribution in [0.15, 0.2) is 36.5 Å². The van der Waals surface area contributed by atoms with Crippen LogP contribution in [0.2, 0.25) is 5.02 Å². The molecule has 156 valence electrons. The van der Waals surface area contributed by atoms with Crippen molar-refractivity contribution in [3.05, 3.63) is 52.9 Å². The van der Waals surface area contributed by atoms with Crippen LogP contribution in [0.25, 0.3) is 0 Å². The van der Waals surface area contributed by atoms with Crippen LogP contribution in [-0.2, 0) is 0 Å². The number of anilines is 4. The first kappa shape index (κ1) is 20.1. The summed E-state index contributed by atoms with van der Waals surface area (Å²) in [6, 6.07) is 9.28. The standard InChI is InChI=1S/C20H23ClN8O/c1-12-9-16(29-28-12)26-17-11-23-18(20(30)24-10-15-3-2-8-22-15)19(27-17)25-14-6-4-13(21)5-7-14/h4-7,9,11,15,22H,2-3,8,10H2,1H3,(H,24,30)(H3,25,26,27,28,29)/t15-/m0/s1. The number of aromatic amines is 1. The van der Waals surface area contributed by atoms with E-state index in [9.17, 15) is 4.79 Å². The van der Waals surface area contributed by atoms with E-state index in [1.165, 1.54) is 6.20 Å². The predicted molar refractivity (Wildman–Crippen MR) is 117 cm³/mol. The minimum absolute atomic E-state index is 0.215. The Kier molecular flexibility index (Phi) is 6.10. The molecule has 1 aromatic carbocycles. The monoisotopic (exact) mass is 426 g/mol. The van der Waals surface area contributed by atoms with Gasteiger partial charge >= 0.3 is 0 Å². The summed E-state index contributed by atoms with van der Waals surface area (Å²) in [7, 11) is 0. The SMILES string of the molecule is Cc1cc(Nc2cnc(C(=O)NC[C@@H]3CCCN3)c(Nc3ccc(Cl)cc3)n2)n[nH]1. The minimum Gasteiger partial charge on any atom is -0.349 e. The molecule has 3 heterocycles. The molecule has 0 bridgehead atoms. The molecular weight excluding hydrogens is 404 g/mol. The van der Waals surface area contributed by atoms with Crippen LogP contribution >= 0.6 is 11.6 Å². The van der Waals surface area contributed by atoms with Crippen LogP contribution in [0.5, 0.6) is 0 Å². The Bertz CT molecular complexity index is 1010. The molecule has 1 aliphatic heterocycles. The second-order valence-corrected chi connectivity index (χ2v) is 7.59. The van der Waals surface area contributed by atoms with Crippen LogP contribution in [0.1, 0.15) is 29.0 Å². The molecule has 0 spiro atoms. The van der Waals surface area contributed by atoms with E-state index in [1.54, 1.807) is 12.1 Å². The smallest absolute Gasteiger partial charge is 0.273 e. The number of aryl methyl sites for hydroxylation is 1. The molecule has 30 heavy (non-hydrogen) atoms. The molecule has 0 unspecified atom stereocenters. The third-order valence-electron chi connectivity index (χ3n) is 4.73. The molecule has 0 saturated carbocycles. The Morgan fingerprint density at radius 3 is 2.77 bits per heavy atom. The van der Waals surface area contributed by atoms with Gasteiger partial charge < -0.3 is 21.3 Å². The molecule has 1 aliphatic rings. The summed E-state index contributed by atoms with van der Waals surface area (Å²) in [5, 5.41) is 20.2. The number of amides is 1. The quantitative estimate of drug-likeness (QED) is 0.393. The number of halogens is 1. The summed E-state index contributed by atoms with van der Waals surface area (Å²) in [5.41, 5.74) is 1.88. The summed E-state index contributed by atoms with van der Waals surface area (Å²) in [6.45, 7) is 3.44. The van der Waals surface area contributed by atoms with Crippen LogP contribution < -0.4 is 21.3 Å². The first-order valence-electron chi connectivity index (χ1n) is 9.77. The lowest BCUT2D eigenvalue weighted by atomic mass is 10.2. The maximum absolute atomic E-state index is 12.8. The number of hydrogen-bond donors (Lipinski definition) is 5. The van der Waals surface area contributed by atoms with Gasteiger partial charge in [-0.1, -0.05) is 11.6 Å². The summed E-state index contributed by atoms with van der Waals surface area (Å²) in [4.78, 5) is 21.7. The van der Waals surface area contributed by atoms with Crippen LogP contribution in [-0.4, -0.2) is 45.2 Å². The van der Waals surface area contributed by atoms with Gasteiger partial charge in [0.25, 0.3) is 5.91 Å². The number of rotatable bonds is 7. The number of aromatic nitrogens is 4. The first-order valence-corrected chi connectivity index (χ1v) is 10.1. The van der Waals surface area contributed by atoms with E-state index in [2.05, 4.69) is 41.4 Å². The Balaban J connectivity index is 1.56. The Hall–Kier alpha value is -3.17. The molecule has 1 saturated heterocycles. The van der Waals surface area contributed by atoms with Gasteiger partial charge in [-0.05, 0) is 50.6 Å². The fourth-order valence-electron chi connectivity index (χ4n) is 3.22.